The lowest BCUT2D eigenvalue weighted by atomic mass is 9.90. The van der Waals surface area contributed by atoms with Crippen LogP contribution in [-0.2, 0) is 6.54 Å². The lowest BCUT2D eigenvalue weighted by Crippen LogP contribution is -2.21. The van der Waals surface area contributed by atoms with Crippen molar-refractivity contribution in [1.29, 1.82) is 0 Å². The zero-order valence-corrected chi connectivity index (χ0v) is 15.0. The summed E-state index contributed by atoms with van der Waals surface area (Å²) >= 11 is 0. The molecule has 2 aromatic heterocycles. The highest BCUT2D eigenvalue weighted by atomic mass is 16.1. The standard InChI is InChI=1S/C21H19BN4O/c22-19-9-5-4-8-18(19)21(27)26-17-11-14-10-16(25-20(14)24-13-17)12-23-15-6-2-1-3-7-15/h1-11,13,23H,12,22H2,(H,24,25)(H,26,27). The van der Waals surface area contributed by atoms with Crippen LogP contribution in [0, 0.1) is 0 Å². The summed E-state index contributed by atoms with van der Waals surface area (Å²) in [5.41, 5.74) is 5.18. The second-order valence-electron chi connectivity index (χ2n) is 6.45. The fourth-order valence-electron chi connectivity index (χ4n) is 3.02. The zero-order valence-electron chi connectivity index (χ0n) is 15.0. The van der Waals surface area contributed by atoms with E-state index in [0.29, 0.717) is 17.8 Å². The Balaban J connectivity index is 1.49. The minimum atomic E-state index is -0.129. The van der Waals surface area contributed by atoms with E-state index in [1.54, 1.807) is 6.20 Å². The number of para-hydroxylation sites is 1. The second kappa shape index (κ2) is 7.37. The van der Waals surface area contributed by atoms with E-state index in [0.717, 1.165) is 27.9 Å². The normalized spacial score (nSPS) is 10.7. The van der Waals surface area contributed by atoms with E-state index < -0.39 is 0 Å². The van der Waals surface area contributed by atoms with Crippen LogP contribution in [0.3, 0.4) is 0 Å². The van der Waals surface area contributed by atoms with Crippen molar-refractivity contribution in [2.24, 2.45) is 0 Å². The minimum Gasteiger partial charge on any atom is -0.379 e. The summed E-state index contributed by atoms with van der Waals surface area (Å²) in [6.45, 7) is 0.672. The third-order valence-corrected chi connectivity index (χ3v) is 4.43. The van der Waals surface area contributed by atoms with Gasteiger partial charge in [0.15, 0.2) is 0 Å². The molecule has 5 nitrogen and oxygen atoms in total. The van der Waals surface area contributed by atoms with Crippen LogP contribution >= 0.6 is 0 Å². The Kier molecular flexibility index (Phi) is 4.62. The van der Waals surface area contributed by atoms with Crippen LogP contribution in [0.15, 0.2) is 72.9 Å². The number of aromatic nitrogens is 2. The van der Waals surface area contributed by atoms with E-state index in [9.17, 15) is 4.79 Å². The third-order valence-electron chi connectivity index (χ3n) is 4.43. The molecule has 4 rings (SSSR count). The van der Waals surface area contributed by atoms with Gasteiger partial charge in [0, 0.05) is 22.3 Å². The predicted octanol–water partition coefficient (Wildman–Crippen LogP) is 2.69. The van der Waals surface area contributed by atoms with Gasteiger partial charge in [0.25, 0.3) is 5.91 Å². The average Bonchev–Trinajstić information content (AvgIpc) is 3.10. The topological polar surface area (TPSA) is 69.8 Å². The molecule has 0 saturated carbocycles. The van der Waals surface area contributed by atoms with Crippen molar-refractivity contribution in [3.63, 3.8) is 0 Å². The SMILES string of the molecule is Bc1ccccc1C(=O)Nc1cnc2[nH]c(CNc3ccccc3)cc2c1. The Bertz CT molecular complexity index is 1090. The first-order chi connectivity index (χ1) is 13.2. The highest BCUT2D eigenvalue weighted by Gasteiger charge is 2.10. The number of hydrogen-bond donors (Lipinski definition) is 3. The number of nitrogens with one attached hydrogen (secondary N) is 3. The van der Waals surface area contributed by atoms with Crippen LogP contribution in [0.5, 0.6) is 0 Å². The lowest BCUT2D eigenvalue weighted by Gasteiger charge is -2.07. The number of pyridine rings is 1. The molecule has 1 amide bonds. The number of H-pyrrole nitrogens is 1. The van der Waals surface area contributed by atoms with Gasteiger partial charge in [0.1, 0.15) is 13.5 Å². The van der Waals surface area contributed by atoms with Crippen molar-refractivity contribution in [2.45, 2.75) is 6.54 Å². The molecular formula is C21H19BN4O. The fourth-order valence-corrected chi connectivity index (χ4v) is 3.02. The second-order valence-corrected chi connectivity index (χ2v) is 6.45. The smallest absolute Gasteiger partial charge is 0.255 e. The number of amides is 1. The minimum absolute atomic E-state index is 0.129. The Hall–Kier alpha value is -3.54. The first kappa shape index (κ1) is 16.9. The monoisotopic (exact) mass is 354 g/mol. The highest BCUT2D eigenvalue weighted by molar-refractivity contribution is 6.37. The maximum Gasteiger partial charge on any atom is 0.255 e. The maximum atomic E-state index is 12.5. The molecule has 0 unspecified atom stereocenters. The van der Waals surface area contributed by atoms with E-state index in [1.807, 2.05) is 74.6 Å². The summed E-state index contributed by atoms with van der Waals surface area (Å²) in [6.07, 6.45) is 1.67. The van der Waals surface area contributed by atoms with Crippen LogP contribution < -0.4 is 16.1 Å². The number of hydrogen-bond acceptors (Lipinski definition) is 3. The molecular weight excluding hydrogens is 335 g/mol. The van der Waals surface area contributed by atoms with E-state index in [4.69, 9.17) is 0 Å². The molecule has 4 aromatic rings. The van der Waals surface area contributed by atoms with E-state index in [1.165, 1.54) is 0 Å². The molecule has 0 spiro atoms. The van der Waals surface area contributed by atoms with Crippen molar-refractivity contribution in [3.8, 4) is 0 Å². The van der Waals surface area contributed by atoms with Crippen LogP contribution in [0.25, 0.3) is 11.0 Å². The summed E-state index contributed by atoms with van der Waals surface area (Å²) in [5.74, 6) is -0.129. The van der Waals surface area contributed by atoms with Gasteiger partial charge < -0.3 is 15.6 Å². The maximum absolute atomic E-state index is 12.5. The Labute approximate surface area is 158 Å². The zero-order chi connectivity index (χ0) is 18.6. The number of anilines is 2. The molecule has 2 heterocycles. The Morgan fingerprint density at radius 1 is 1.00 bits per heavy atom. The molecule has 0 aliphatic rings. The number of benzene rings is 2. The highest BCUT2D eigenvalue weighted by Crippen LogP contribution is 2.19. The number of aromatic amines is 1. The van der Waals surface area contributed by atoms with Crippen LogP contribution in [-0.4, -0.2) is 23.7 Å². The van der Waals surface area contributed by atoms with Crippen molar-refractivity contribution < 1.29 is 4.79 Å². The van der Waals surface area contributed by atoms with Crippen LogP contribution in [0.1, 0.15) is 16.1 Å². The van der Waals surface area contributed by atoms with Crippen molar-refractivity contribution in [2.75, 3.05) is 10.6 Å². The molecule has 0 aliphatic heterocycles. The van der Waals surface area contributed by atoms with E-state index >= 15 is 0 Å². The van der Waals surface area contributed by atoms with Gasteiger partial charge in [-0.3, -0.25) is 4.79 Å². The lowest BCUT2D eigenvalue weighted by molar-refractivity contribution is 0.102. The number of rotatable bonds is 5. The summed E-state index contributed by atoms with van der Waals surface area (Å²) in [4.78, 5) is 20.2. The molecule has 0 bridgehead atoms. The van der Waals surface area contributed by atoms with Gasteiger partial charge in [-0.15, -0.1) is 0 Å². The van der Waals surface area contributed by atoms with Gasteiger partial charge in [-0.25, -0.2) is 4.98 Å². The summed E-state index contributed by atoms with van der Waals surface area (Å²) in [6, 6.07) is 21.5. The van der Waals surface area contributed by atoms with Gasteiger partial charge in [-0.1, -0.05) is 47.9 Å². The number of carbonyl (C=O) groups excluding carboxylic acids is 1. The fraction of sp³-hybridized carbons (Fsp3) is 0.0476. The molecule has 132 valence electrons. The van der Waals surface area contributed by atoms with Gasteiger partial charge in [0.05, 0.1) is 18.4 Å². The number of carbonyl (C=O) groups is 1. The molecule has 6 heteroatoms. The largest absolute Gasteiger partial charge is 0.379 e. The molecule has 3 N–H and O–H groups in total. The summed E-state index contributed by atoms with van der Waals surface area (Å²) < 4.78 is 0. The van der Waals surface area contributed by atoms with Crippen LogP contribution in [0.4, 0.5) is 11.4 Å². The van der Waals surface area contributed by atoms with E-state index in [2.05, 4.69) is 20.6 Å². The van der Waals surface area contributed by atoms with Crippen molar-refractivity contribution in [1.82, 2.24) is 9.97 Å². The summed E-state index contributed by atoms with van der Waals surface area (Å²) in [7, 11) is 1.93. The van der Waals surface area contributed by atoms with Gasteiger partial charge in [-0.05, 0) is 24.3 Å². The first-order valence-electron chi connectivity index (χ1n) is 8.82. The molecule has 0 fully saturated rings. The first-order valence-corrected chi connectivity index (χ1v) is 8.82. The number of fused-ring (bicyclic) bond motifs is 1. The molecule has 2 aromatic carbocycles. The van der Waals surface area contributed by atoms with Gasteiger partial charge in [0.2, 0.25) is 0 Å². The molecule has 0 aliphatic carbocycles. The van der Waals surface area contributed by atoms with Crippen LogP contribution in [0.2, 0.25) is 0 Å². The average molecular weight is 354 g/mol. The van der Waals surface area contributed by atoms with Crippen molar-refractivity contribution >= 4 is 41.6 Å². The Morgan fingerprint density at radius 2 is 1.78 bits per heavy atom. The molecule has 0 atom stereocenters. The third kappa shape index (κ3) is 3.85. The molecule has 0 radical (unpaired) electrons. The van der Waals surface area contributed by atoms with Gasteiger partial charge in [-0.2, -0.15) is 0 Å². The van der Waals surface area contributed by atoms with Crippen molar-refractivity contribution in [3.05, 3.63) is 84.2 Å². The number of nitrogens with zero attached hydrogens (tertiary/aromatic N) is 1. The molecule has 0 saturated heterocycles. The van der Waals surface area contributed by atoms with Gasteiger partial charge >= 0.3 is 0 Å². The quantitative estimate of drug-likeness (QED) is 0.483. The van der Waals surface area contributed by atoms with E-state index in [-0.39, 0.29) is 5.91 Å². The molecule has 27 heavy (non-hydrogen) atoms. The summed E-state index contributed by atoms with van der Waals surface area (Å²) in [5, 5.41) is 7.26. The predicted molar refractivity (Wildman–Crippen MR) is 112 cm³/mol. The Morgan fingerprint density at radius 3 is 2.59 bits per heavy atom.